The van der Waals surface area contributed by atoms with Crippen molar-refractivity contribution in [3.05, 3.63) is 35.8 Å². The Labute approximate surface area is 95.9 Å². The van der Waals surface area contributed by atoms with Crippen molar-refractivity contribution in [2.45, 2.75) is 13.1 Å². The molecule has 0 aliphatic heterocycles. The molecule has 0 aliphatic rings. The predicted molar refractivity (Wildman–Crippen MR) is 56.2 cm³/mol. The van der Waals surface area contributed by atoms with E-state index in [2.05, 4.69) is 10.1 Å². The van der Waals surface area contributed by atoms with Gasteiger partial charge in [0.15, 0.2) is 5.69 Å². The number of hydrogen-bond donors (Lipinski definition) is 0. The van der Waals surface area contributed by atoms with Crippen LogP contribution >= 0.6 is 0 Å². The third-order valence-electron chi connectivity index (χ3n) is 2.28. The van der Waals surface area contributed by atoms with Gasteiger partial charge < -0.3 is 0 Å². The summed E-state index contributed by atoms with van der Waals surface area (Å²) in [6.45, 7) is 1.82. The van der Waals surface area contributed by atoms with E-state index >= 15 is 0 Å². The summed E-state index contributed by atoms with van der Waals surface area (Å²) in [5.74, 6) is 0. The number of pyridine rings is 1. The van der Waals surface area contributed by atoms with Gasteiger partial charge >= 0.3 is 6.18 Å². The second-order valence-electron chi connectivity index (χ2n) is 3.78. The van der Waals surface area contributed by atoms with Crippen molar-refractivity contribution in [1.82, 2.24) is 14.8 Å². The Balaban J connectivity index is 2.55. The minimum Gasteiger partial charge on any atom is -0.275 e. The van der Waals surface area contributed by atoms with E-state index in [1.807, 2.05) is 6.92 Å². The van der Waals surface area contributed by atoms with Gasteiger partial charge in [-0.25, -0.2) is 0 Å². The molecule has 90 valence electrons. The zero-order valence-electron chi connectivity index (χ0n) is 9.28. The van der Waals surface area contributed by atoms with E-state index in [1.54, 1.807) is 12.1 Å². The van der Waals surface area contributed by atoms with Crippen LogP contribution in [0.1, 0.15) is 11.3 Å². The lowest BCUT2D eigenvalue weighted by molar-refractivity contribution is -0.141. The summed E-state index contributed by atoms with van der Waals surface area (Å²) in [5, 5.41) is 3.43. The summed E-state index contributed by atoms with van der Waals surface area (Å²) in [6, 6.07) is 3.27. The van der Waals surface area contributed by atoms with Crippen LogP contribution in [0.5, 0.6) is 0 Å². The first-order valence-corrected chi connectivity index (χ1v) is 4.92. The first-order chi connectivity index (χ1) is 7.88. The molecule has 0 aromatic carbocycles. The van der Waals surface area contributed by atoms with Gasteiger partial charge in [-0.1, -0.05) is 6.07 Å². The fourth-order valence-electron chi connectivity index (χ4n) is 1.51. The lowest BCUT2D eigenvalue weighted by Gasteiger charge is -2.05. The molecule has 0 radical (unpaired) electrons. The van der Waals surface area contributed by atoms with Crippen LogP contribution in [0, 0.1) is 6.92 Å². The Kier molecular flexibility index (Phi) is 2.65. The maximum absolute atomic E-state index is 12.7. The number of alkyl halides is 3. The average molecular weight is 241 g/mol. The molecule has 2 aromatic rings. The topological polar surface area (TPSA) is 30.7 Å². The highest BCUT2D eigenvalue weighted by Gasteiger charge is 2.37. The minimum absolute atomic E-state index is 0.000000000000000444. The molecule has 0 fully saturated rings. The van der Waals surface area contributed by atoms with E-state index in [4.69, 9.17) is 0 Å². The molecule has 0 aliphatic carbocycles. The minimum atomic E-state index is -4.47. The number of aromatic nitrogens is 3. The Bertz CT molecular complexity index is 526. The Hall–Kier alpha value is -1.85. The molecule has 0 amide bonds. The molecule has 17 heavy (non-hydrogen) atoms. The summed E-state index contributed by atoms with van der Waals surface area (Å²) in [6.07, 6.45) is -1.62. The van der Waals surface area contributed by atoms with Crippen LogP contribution < -0.4 is 0 Å². The van der Waals surface area contributed by atoms with Crippen LogP contribution in [0.3, 0.4) is 0 Å². The summed E-state index contributed by atoms with van der Waals surface area (Å²) in [5.41, 5.74) is 0.263. The first kappa shape index (κ1) is 11.6. The normalized spacial score (nSPS) is 11.8. The monoisotopic (exact) mass is 241 g/mol. The smallest absolute Gasteiger partial charge is 0.275 e. The molecule has 0 spiro atoms. The fourth-order valence-corrected chi connectivity index (χ4v) is 1.51. The highest BCUT2D eigenvalue weighted by Crippen LogP contribution is 2.34. The maximum atomic E-state index is 12.7. The summed E-state index contributed by atoms with van der Waals surface area (Å²) < 4.78 is 39.3. The molecule has 3 nitrogen and oxygen atoms in total. The Morgan fingerprint density at radius 1 is 1.24 bits per heavy atom. The van der Waals surface area contributed by atoms with Crippen LogP contribution in [-0.2, 0) is 13.2 Å². The summed E-state index contributed by atoms with van der Waals surface area (Å²) >= 11 is 0. The molecule has 0 N–H and O–H groups in total. The van der Waals surface area contributed by atoms with Gasteiger partial charge in [0.25, 0.3) is 0 Å². The number of aryl methyl sites for hydroxylation is 2. The highest BCUT2D eigenvalue weighted by atomic mass is 19.4. The van der Waals surface area contributed by atoms with E-state index in [1.165, 1.54) is 19.4 Å². The van der Waals surface area contributed by atoms with Crippen molar-refractivity contribution in [2.24, 2.45) is 7.05 Å². The van der Waals surface area contributed by atoms with Crippen LogP contribution in [0.25, 0.3) is 11.3 Å². The summed E-state index contributed by atoms with van der Waals surface area (Å²) in [7, 11) is 1.45. The van der Waals surface area contributed by atoms with Gasteiger partial charge in [0, 0.05) is 19.4 Å². The quantitative estimate of drug-likeness (QED) is 0.768. The number of rotatable bonds is 1. The van der Waals surface area contributed by atoms with E-state index in [9.17, 15) is 13.2 Å². The fraction of sp³-hybridized carbons (Fsp3) is 0.273. The van der Waals surface area contributed by atoms with E-state index in [-0.39, 0.29) is 11.3 Å². The van der Waals surface area contributed by atoms with Crippen LogP contribution in [0.15, 0.2) is 24.5 Å². The number of hydrogen-bond acceptors (Lipinski definition) is 2. The number of nitrogens with zero attached hydrogens (tertiary/aromatic N) is 3. The zero-order chi connectivity index (χ0) is 12.6. The van der Waals surface area contributed by atoms with Gasteiger partial charge in [-0.2, -0.15) is 18.3 Å². The van der Waals surface area contributed by atoms with E-state index in [0.717, 1.165) is 10.2 Å². The first-order valence-electron chi connectivity index (χ1n) is 4.92. The van der Waals surface area contributed by atoms with Gasteiger partial charge in [0.2, 0.25) is 0 Å². The summed E-state index contributed by atoms with van der Waals surface area (Å²) in [4.78, 5) is 3.98. The van der Waals surface area contributed by atoms with Gasteiger partial charge in [-0.15, -0.1) is 0 Å². The molecule has 2 heterocycles. The van der Waals surface area contributed by atoms with Crippen molar-refractivity contribution in [1.29, 1.82) is 0 Å². The third-order valence-corrected chi connectivity index (χ3v) is 2.28. The van der Waals surface area contributed by atoms with Crippen molar-refractivity contribution < 1.29 is 13.2 Å². The second-order valence-corrected chi connectivity index (χ2v) is 3.78. The van der Waals surface area contributed by atoms with Crippen LogP contribution in [0.2, 0.25) is 0 Å². The average Bonchev–Trinajstić information content (AvgIpc) is 2.61. The molecular weight excluding hydrogens is 231 g/mol. The molecule has 2 aromatic heterocycles. The zero-order valence-corrected chi connectivity index (χ0v) is 9.28. The molecular formula is C11H10F3N3. The highest BCUT2D eigenvalue weighted by molar-refractivity contribution is 5.61. The van der Waals surface area contributed by atoms with Crippen molar-refractivity contribution >= 4 is 0 Å². The van der Waals surface area contributed by atoms with Gasteiger partial charge in [-0.3, -0.25) is 9.67 Å². The van der Waals surface area contributed by atoms with Crippen molar-refractivity contribution in [3.8, 4) is 11.3 Å². The SMILES string of the molecule is Cc1ccc(-c2cn(C)nc2C(F)(F)F)nc1. The Morgan fingerprint density at radius 2 is 1.94 bits per heavy atom. The maximum Gasteiger partial charge on any atom is 0.435 e. The van der Waals surface area contributed by atoms with Gasteiger partial charge in [0.1, 0.15) is 0 Å². The van der Waals surface area contributed by atoms with Gasteiger partial charge in [0.05, 0.1) is 11.3 Å². The second kappa shape index (κ2) is 3.87. The van der Waals surface area contributed by atoms with E-state index < -0.39 is 11.9 Å². The van der Waals surface area contributed by atoms with E-state index in [0.29, 0.717) is 0 Å². The van der Waals surface area contributed by atoms with Gasteiger partial charge in [-0.05, 0) is 18.6 Å². The molecule has 0 saturated carbocycles. The molecule has 0 atom stereocenters. The molecule has 6 heteroatoms. The Morgan fingerprint density at radius 3 is 2.47 bits per heavy atom. The third kappa shape index (κ3) is 2.30. The molecule has 0 saturated heterocycles. The number of halogens is 3. The molecule has 0 bridgehead atoms. The van der Waals surface area contributed by atoms with Crippen LogP contribution in [-0.4, -0.2) is 14.8 Å². The lowest BCUT2D eigenvalue weighted by Crippen LogP contribution is -2.08. The predicted octanol–water partition coefficient (Wildman–Crippen LogP) is 2.81. The van der Waals surface area contributed by atoms with Crippen molar-refractivity contribution in [3.63, 3.8) is 0 Å². The molecule has 2 rings (SSSR count). The largest absolute Gasteiger partial charge is 0.435 e. The lowest BCUT2D eigenvalue weighted by atomic mass is 10.1. The standard InChI is InChI=1S/C11H10F3N3/c1-7-3-4-9(15-5-7)8-6-17(2)16-10(8)11(12,13)14/h3-6H,1-2H3. The molecule has 0 unspecified atom stereocenters. The van der Waals surface area contributed by atoms with Crippen LogP contribution in [0.4, 0.5) is 13.2 Å². The van der Waals surface area contributed by atoms with Crippen molar-refractivity contribution in [2.75, 3.05) is 0 Å².